The van der Waals surface area contributed by atoms with Crippen molar-refractivity contribution in [1.82, 2.24) is 0 Å². The molecule has 0 saturated heterocycles. The van der Waals surface area contributed by atoms with Gasteiger partial charge in [-0.1, -0.05) is 46.4 Å². The molecule has 1 aliphatic rings. The van der Waals surface area contributed by atoms with Crippen molar-refractivity contribution in [2.24, 2.45) is 0 Å². The molecule has 36 heavy (non-hydrogen) atoms. The van der Waals surface area contributed by atoms with Crippen molar-refractivity contribution in [3.63, 3.8) is 0 Å². The Morgan fingerprint density at radius 1 is 0.944 bits per heavy atom. The average Bonchev–Trinajstić information content (AvgIpc) is 3.12. The number of phosphoric acid groups is 1. The lowest BCUT2D eigenvalue weighted by molar-refractivity contribution is -0.148. The lowest BCUT2D eigenvalue weighted by Crippen LogP contribution is -2.34. The predicted molar refractivity (Wildman–Crippen MR) is 123 cm³/mol. The number of aliphatic hydroxyl groups excluding tert-OH is 1. The van der Waals surface area contributed by atoms with Gasteiger partial charge in [-0.25, -0.2) is 18.1 Å². The molecule has 1 aliphatic heterocycles. The first kappa shape index (κ1) is 28.9. The lowest BCUT2D eigenvalue weighted by atomic mass is 10.1. The molecule has 0 aliphatic carbocycles. The summed E-state index contributed by atoms with van der Waals surface area (Å²) in [5, 5.41) is 9.18. The number of cyclic esters (lactones) is 1. The van der Waals surface area contributed by atoms with Crippen LogP contribution in [0.2, 0.25) is 20.1 Å². The third kappa shape index (κ3) is 6.61. The standard InChI is InChI=1S/C20H15Cl4F2O9P/c21-10-1-3-12(25)8(15(10)23)6-32-18-17(14(5-27)35-36(29,30)31)34-20(28)19(18)33-7-9-13(26)4-2-11(22)16(9)24/h1-4,14,17,27H,5-7H2,(H2,29,30,31)/t14-,17+/m0/s1. The molecular weight excluding hydrogens is 595 g/mol. The highest BCUT2D eigenvalue weighted by Gasteiger charge is 2.45. The van der Waals surface area contributed by atoms with E-state index in [4.69, 9.17) is 70.4 Å². The zero-order valence-electron chi connectivity index (χ0n) is 17.6. The first-order chi connectivity index (χ1) is 16.8. The van der Waals surface area contributed by atoms with Gasteiger partial charge in [0.2, 0.25) is 5.76 Å². The molecule has 2 atom stereocenters. The molecule has 3 N–H and O–H groups in total. The van der Waals surface area contributed by atoms with Crippen LogP contribution in [0.15, 0.2) is 35.8 Å². The molecule has 0 saturated carbocycles. The van der Waals surface area contributed by atoms with E-state index >= 15 is 0 Å². The number of phosphoric ester groups is 1. The number of halogens is 6. The predicted octanol–water partition coefficient (Wildman–Crippen LogP) is 4.92. The fourth-order valence-electron chi connectivity index (χ4n) is 3.03. The van der Waals surface area contributed by atoms with Crippen molar-refractivity contribution in [1.29, 1.82) is 0 Å². The van der Waals surface area contributed by atoms with E-state index in [-0.39, 0.29) is 31.2 Å². The van der Waals surface area contributed by atoms with Gasteiger partial charge in [-0.2, -0.15) is 0 Å². The maximum Gasteiger partial charge on any atom is 0.470 e. The molecule has 2 aromatic carbocycles. The van der Waals surface area contributed by atoms with E-state index in [1.165, 1.54) is 12.1 Å². The van der Waals surface area contributed by atoms with Crippen LogP contribution in [0.5, 0.6) is 0 Å². The smallest absolute Gasteiger partial charge is 0.470 e. The van der Waals surface area contributed by atoms with Gasteiger partial charge in [-0.05, 0) is 24.3 Å². The van der Waals surface area contributed by atoms with E-state index in [9.17, 15) is 23.2 Å². The van der Waals surface area contributed by atoms with Crippen LogP contribution >= 0.6 is 54.2 Å². The highest BCUT2D eigenvalue weighted by molar-refractivity contribution is 7.46. The zero-order valence-corrected chi connectivity index (χ0v) is 21.5. The van der Waals surface area contributed by atoms with Gasteiger partial charge in [0.1, 0.15) is 31.0 Å². The fraction of sp³-hybridized carbons (Fsp3) is 0.250. The number of esters is 1. The van der Waals surface area contributed by atoms with E-state index in [0.29, 0.717) is 0 Å². The van der Waals surface area contributed by atoms with Crippen molar-refractivity contribution < 1.29 is 51.8 Å². The molecule has 196 valence electrons. The number of aliphatic hydroxyl groups is 1. The molecule has 0 radical (unpaired) electrons. The Balaban J connectivity index is 1.99. The summed E-state index contributed by atoms with van der Waals surface area (Å²) < 4.78 is 60.3. The number of ether oxygens (including phenoxy) is 3. The summed E-state index contributed by atoms with van der Waals surface area (Å²) >= 11 is 23.8. The minimum absolute atomic E-state index is 0.00421. The summed E-state index contributed by atoms with van der Waals surface area (Å²) in [6.45, 7) is -2.38. The van der Waals surface area contributed by atoms with E-state index in [0.717, 1.165) is 12.1 Å². The monoisotopic (exact) mass is 608 g/mol. The van der Waals surface area contributed by atoms with Crippen LogP contribution in [-0.4, -0.2) is 39.7 Å². The number of hydrogen-bond acceptors (Lipinski definition) is 7. The summed E-state index contributed by atoms with van der Waals surface area (Å²) in [7, 11) is -5.19. The third-order valence-corrected chi connectivity index (χ3v) is 6.93. The largest absolute Gasteiger partial charge is 0.485 e. The Kier molecular flexibility index (Phi) is 9.48. The molecule has 0 fully saturated rings. The number of rotatable bonds is 10. The molecule has 0 aromatic heterocycles. The Bertz CT molecular complexity index is 1250. The maximum atomic E-state index is 14.3. The van der Waals surface area contributed by atoms with Crippen LogP contribution in [0.4, 0.5) is 8.78 Å². The van der Waals surface area contributed by atoms with Crippen LogP contribution in [0, 0.1) is 11.6 Å². The minimum atomic E-state index is -5.19. The molecule has 9 nitrogen and oxygen atoms in total. The molecule has 16 heteroatoms. The quantitative estimate of drug-likeness (QED) is 0.195. The van der Waals surface area contributed by atoms with E-state index < -0.39 is 69.0 Å². The number of carbonyl (C=O) groups excluding carboxylic acids is 1. The van der Waals surface area contributed by atoms with Gasteiger partial charge in [0.05, 0.1) is 26.7 Å². The van der Waals surface area contributed by atoms with E-state index in [2.05, 4.69) is 4.52 Å². The highest BCUT2D eigenvalue weighted by atomic mass is 35.5. The van der Waals surface area contributed by atoms with Crippen molar-refractivity contribution >= 4 is 60.2 Å². The molecule has 0 unspecified atom stereocenters. The van der Waals surface area contributed by atoms with Crippen LogP contribution in [0.3, 0.4) is 0 Å². The van der Waals surface area contributed by atoms with Gasteiger partial charge < -0.3 is 29.1 Å². The summed E-state index contributed by atoms with van der Waals surface area (Å²) in [6.07, 6.45) is -3.59. The normalized spacial score (nSPS) is 16.8. The van der Waals surface area contributed by atoms with Crippen LogP contribution in [0.1, 0.15) is 11.1 Å². The second-order valence-electron chi connectivity index (χ2n) is 7.06. The van der Waals surface area contributed by atoms with Crippen LogP contribution in [0.25, 0.3) is 0 Å². The molecular formula is C20H15Cl4F2O9P. The zero-order chi connectivity index (χ0) is 26.8. The van der Waals surface area contributed by atoms with Crippen LogP contribution < -0.4 is 0 Å². The lowest BCUT2D eigenvalue weighted by Gasteiger charge is -2.23. The Morgan fingerprint density at radius 3 is 1.92 bits per heavy atom. The summed E-state index contributed by atoms with van der Waals surface area (Å²) in [5.74, 6) is -4.12. The van der Waals surface area contributed by atoms with Crippen molar-refractivity contribution in [2.45, 2.75) is 25.4 Å². The van der Waals surface area contributed by atoms with Crippen molar-refractivity contribution in [3.8, 4) is 0 Å². The second kappa shape index (κ2) is 11.8. The average molecular weight is 610 g/mol. The molecule has 1 heterocycles. The first-order valence-corrected chi connectivity index (χ1v) is 12.7. The summed E-state index contributed by atoms with van der Waals surface area (Å²) in [6, 6.07) is 4.41. The second-order valence-corrected chi connectivity index (χ2v) is 9.82. The SMILES string of the molecule is O=C1O[C@H]([C@H](CO)OP(=O)(O)O)C(OCc2c(F)ccc(Cl)c2Cl)=C1OCc1c(F)ccc(Cl)c1Cl. The topological polar surface area (TPSA) is 132 Å². The summed E-state index contributed by atoms with van der Waals surface area (Å²) in [5.41, 5.74) is -0.476. The fourth-order valence-corrected chi connectivity index (χ4v) is 4.33. The van der Waals surface area contributed by atoms with Crippen molar-refractivity contribution in [3.05, 3.63) is 78.6 Å². The van der Waals surface area contributed by atoms with Gasteiger partial charge >= 0.3 is 13.8 Å². The van der Waals surface area contributed by atoms with E-state index in [1.54, 1.807) is 0 Å². The van der Waals surface area contributed by atoms with Gasteiger partial charge in [-0.3, -0.25) is 4.52 Å². The minimum Gasteiger partial charge on any atom is -0.485 e. The Hall–Kier alpha value is -1.66. The summed E-state index contributed by atoms with van der Waals surface area (Å²) in [4.78, 5) is 30.8. The Morgan fingerprint density at radius 2 is 1.44 bits per heavy atom. The van der Waals surface area contributed by atoms with Gasteiger partial charge in [0.15, 0.2) is 11.9 Å². The first-order valence-electron chi connectivity index (χ1n) is 9.64. The molecule has 3 rings (SSSR count). The molecule has 0 bridgehead atoms. The number of carbonyl (C=O) groups is 1. The van der Waals surface area contributed by atoms with Crippen molar-refractivity contribution in [2.75, 3.05) is 6.61 Å². The van der Waals surface area contributed by atoms with Crippen LogP contribution in [-0.2, 0) is 41.3 Å². The van der Waals surface area contributed by atoms with Gasteiger partial charge in [-0.15, -0.1) is 0 Å². The van der Waals surface area contributed by atoms with E-state index in [1.807, 2.05) is 0 Å². The van der Waals surface area contributed by atoms with Gasteiger partial charge in [0.25, 0.3) is 0 Å². The maximum absolute atomic E-state index is 14.3. The highest BCUT2D eigenvalue weighted by Crippen LogP contribution is 2.41. The Labute approximate surface area is 222 Å². The van der Waals surface area contributed by atoms with Gasteiger partial charge in [0, 0.05) is 11.1 Å². The number of hydrogen-bond donors (Lipinski definition) is 3. The molecule has 0 spiro atoms. The third-order valence-electron chi connectivity index (χ3n) is 4.70. The number of benzene rings is 2. The molecule has 0 amide bonds. The molecule has 2 aromatic rings.